The summed E-state index contributed by atoms with van der Waals surface area (Å²) in [7, 11) is 0. The van der Waals surface area contributed by atoms with Crippen molar-refractivity contribution < 1.29 is 22.7 Å². The van der Waals surface area contributed by atoms with Crippen LogP contribution in [-0.4, -0.2) is 43.1 Å². The highest BCUT2D eigenvalue weighted by Gasteiger charge is 2.32. The van der Waals surface area contributed by atoms with Gasteiger partial charge in [-0.05, 0) is 72.6 Å². The molecule has 1 aliphatic rings. The molecule has 1 fully saturated rings. The lowest BCUT2D eigenvalue weighted by Crippen LogP contribution is -2.32. The fraction of sp³-hybridized carbons (Fsp3) is 0.233. The number of nitrogens with zero attached hydrogens (tertiary/aromatic N) is 5. The van der Waals surface area contributed by atoms with Crippen molar-refractivity contribution in [3.8, 4) is 22.8 Å². The number of hydrogen-bond donors (Lipinski definition) is 1. The van der Waals surface area contributed by atoms with E-state index >= 15 is 0 Å². The Morgan fingerprint density at radius 3 is 2.56 bits per heavy atom. The molecule has 3 aromatic carbocycles. The number of aryl methyl sites for hydroxylation is 2. The van der Waals surface area contributed by atoms with Gasteiger partial charge in [0, 0.05) is 12.1 Å². The number of aliphatic imine (C=N–C) groups is 1. The zero-order valence-corrected chi connectivity index (χ0v) is 24.9. The zero-order chi connectivity index (χ0) is 30.6. The van der Waals surface area contributed by atoms with Crippen molar-refractivity contribution in [1.29, 1.82) is 0 Å². The SMILES string of the molecule is CCCc1ccc(C)cc1N1C(=O)CSC1=NC(=S)NCc1ccc(-c2ncn(-c3ccc(OC(F)(F)F)cc3)n2)cc1. The number of amidine groups is 1. The first kappa shape index (κ1) is 30.2. The predicted octanol–water partition coefficient (Wildman–Crippen LogP) is 6.60. The Hall–Kier alpha value is -4.23. The van der Waals surface area contributed by atoms with E-state index in [4.69, 9.17) is 12.2 Å². The van der Waals surface area contributed by atoms with E-state index in [0.717, 1.165) is 40.8 Å². The van der Waals surface area contributed by atoms with E-state index < -0.39 is 6.36 Å². The van der Waals surface area contributed by atoms with Crippen LogP contribution in [0.25, 0.3) is 17.1 Å². The van der Waals surface area contributed by atoms with Gasteiger partial charge in [-0.15, -0.1) is 18.3 Å². The number of anilines is 1. The molecule has 0 radical (unpaired) electrons. The van der Waals surface area contributed by atoms with Crippen LogP contribution in [0.4, 0.5) is 18.9 Å². The average molecular weight is 625 g/mol. The van der Waals surface area contributed by atoms with Crippen LogP contribution < -0.4 is 15.0 Å². The maximum absolute atomic E-state index is 12.8. The van der Waals surface area contributed by atoms with E-state index in [0.29, 0.717) is 29.0 Å². The van der Waals surface area contributed by atoms with Crippen LogP contribution in [0.2, 0.25) is 0 Å². The van der Waals surface area contributed by atoms with Crippen molar-refractivity contribution in [2.24, 2.45) is 4.99 Å². The summed E-state index contributed by atoms with van der Waals surface area (Å²) in [6, 6.07) is 19.0. The smallest absolute Gasteiger partial charge is 0.406 e. The third-order valence-electron chi connectivity index (χ3n) is 6.45. The minimum absolute atomic E-state index is 0.0198. The molecule has 222 valence electrons. The van der Waals surface area contributed by atoms with Crippen LogP contribution in [0.15, 0.2) is 78.0 Å². The molecule has 1 aromatic heterocycles. The van der Waals surface area contributed by atoms with Crippen molar-refractivity contribution in [2.75, 3.05) is 10.7 Å². The molecule has 43 heavy (non-hydrogen) atoms. The Morgan fingerprint density at radius 2 is 1.86 bits per heavy atom. The van der Waals surface area contributed by atoms with Crippen LogP contribution in [0.3, 0.4) is 0 Å². The van der Waals surface area contributed by atoms with Crippen molar-refractivity contribution in [3.63, 3.8) is 0 Å². The van der Waals surface area contributed by atoms with Gasteiger partial charge < -0.3 is 10.1 Å². The number of nitrogens with one attached hydrogen (secondary N) is 1. The van der Waals surface area contributed by atoms with E-state index in [-0.39, 0.29) is 16.8 Å². The number of halogens is 3. The summed E-state index contributed by atoms with van der Waals surface area (Å²) < 4.78 is 42.6. The van der Waals surface area contributed by atoms with E-state index in [1.807, 2.05) is 37.3 Å². The quantitative estimate of drug-likeness (QED) is 0.221. The fourth-order valence-electron chi connectivity index (χ4n) is 4.44. The summed E-state index contributed by atoms with van der Waals surface area (Å²) in [6.07, 6.45) is -1.44. The van der Waals surface area contributed by atoms with Crippen LogP contribution in [-0.2, 0) is 17.8 Å². The maximum atomic E-state index is 12.8. The molecule has 1 amide bonds. The van der Waals surface area contributed by atoms with E-state index in [9.17, 15) is 18.0 Å². The summed E-state index contributed by atoms with van der Waals surface area (Å²) in [5.74, 6) is 0.434. The lowest BCUT2D eigenvalue weighted by atomic mass is 10.0. The number of carbonyl (C=O) groups is 1. The number of thioether (sulfide) groups is 1. The van der Waals surface area contributed by atoms with Gasteiger partial charge in [-0.3, -0.25) is 9.69 Å². The molecule has 0 aliphatic carbocycles. The number of amides is 1. The second-order valence-electron chi connectivity index (χ2n) is 9.70. The molecule has 1 N–H and O–H groups in total. The molecule has 2 heterocycles. The molecular weight excluding hydrogens is 597 g/mol. The molecule has 4 aromatic rings. The minimum Gasteiger partial charge on any atom is -0.406 e. The average Bonchev–Trinajstić information content (AvgIpc) is 3.60. The molecule has 0 atom stereocenters. The summed E-state index contributed by atoms with van der Waals surface area (Å²) >= 11 is 6.86. The molecule has 1 aliphatic heterocycles. The van der Waals surface area contributed by atoms with Crippen molar-refractivity contribution in [2.45, 2.75) is 39.6 Å². The van der Waals surface area contributed by atoms with Gasteiger partial charge in [0.15, 0.2) is 16.1 Å². The molecule has 0 unspecified atom stereocenters. The van der Waals surface area contributed by atoms with Gasteiger partial charge in [-0.2, -0.15) is 4.99 Å². The Labute approximate surface area is 256 Å². The van der Waals surface area contributed by atoms with Gasteiger partial charge in [0.05, 0.1) is 17.1 Å². The van der Waals surface area contributed by atoms with Crippen LogP contribution in [0.1, 0.15) is 30.0 Å². The summed E-state index contributed by atoms with van der Waals surface area (Å²) in [4.78, 5) is 23.4. The molecule has 0 spiro atoms. The van der Waals surface area contributed by atoms with Crippen molar-refractivity contribution in [1.82, 2.24) is 20.1 Å². The Kier molecular flexibility index (Phi) is 9.11. The lowest BCUT2D eigenvalue weighted by molar-refractivity contribution is -0.274. The second kappa shape index (κ2) is 13.0. The first-order valence-corrected chi connectivity index (χ1v) is 14.8. The predicted molar refractivity (Wildman–Crippen MR) is 165 cm³/mol. The van der Waals surface area contributed by atoms with Gasteiger partial charge in [0.2, 0.25) is 5.91 Å². The number of thiocarbonyl (C=S) groups is 1. The van der Waals surface area contributed by atoms with Crippen molar-refractivity contribution in [3.05, 3.63) is 89.7 Å². The number of hydrogen-bond acceptors (Lipinski definition) is 6. The Bertz CT molecular complexity index is 1650. The second-order valence-corrected chi connectivity index (χ2v) is 11.0. The Morgan fingerprint density at radius 1 is 1.12 bits per heavy atom. The number of benzene rings is 3. The van der Waals surface area contributed by atoms with Gasteiger partial charge in [-0.1, -0.05) is 61.5 Å². The normalized spacial score (nSPS) is 14.4. The van der Waals surface area contributed by atoms with Gasteiger partial charge in [0.25, 0.3) is 0 Å². The highest BCUT2D eigenvalue weighted by atomic mass is 32.2. The number of carbonyl (C=O) groups excluding carboxylic acids is 1. The van der Waals surface area contributed by atoms with Crippen molar-refractivity contribution >= 4 is 45.9 Å². The number of aromatic nitrogens is 3. The van der Waals surface area contributed by atoms with Gasteiger partial charge in [-0.25, -0.2) is 9.67 Å². The number of rotatable bonds is 8. The molecule has 5 rings (SSSR count). The highest BCUT2D eigenvalue weighted by molar-refractivity contribution is 8.15. The first-order valence-electron chi connectivity index (χ1n) is 13.4. The van der Waals surface area contributed by atoms with E-state index in [2.05, 4.69) is 44.2 Å². The van der Waals surface area contributed by atoms with E-state index in [1.165, 1.54) is 47.0 Å². The molecule has 0 saturated carbocycles. The van der Waals surface area contributed by atoms with Crippen LogP contribution in [0.5, 0.6) is 5.75 Å². The lowest BCUT2D eigenvalue weighted by Gasteiger charge is -2.20. The minimum atomic E-state index is -4.75. The summed E-state index contributed by atoms with van der Waals surface area (Å²) in [5.41, 5.74) is 5.27. The fourth-order valence-corrected chi connectivity index (χ4v) is 5.52. The highest BCUT2D eigenvalue weighted by Crippen LogP contribution is 2.31. The van der Waals surface area contributed by atoms with Gasteiger partial charge in [0.1, 0.15) is 12.1 Å². The third kappa shape index (κ3) is 7.59. The number of alkyl halides is 3. The molecule has 1 saturated heterocycles. The Balaban J connectivity index is 1.21. The first-order chi connectivity index (χ1) is 20.6. The molecule has 8 nitrogen and oxygen atoms in total. The van der Waals surface area contributed by atoms with Crippen LogP contribution >= 0.6 is 24.0 Å². The third-order valence-corrected chi connectivity index (χ3v) is 7.61. The van der Waals surface area contributed by atoms with E-state index in [1.54, 1.807) is 4.90 Å². The molecule has 0 bridgehead atoms. The van der Waals surface area contributed by atoms with Crippen LogP contribution in [0, 0.1) is 6.92 Å². The maximum Gasteiger partial charge on any atom is 0.573 e. The monoisotopic (exact) mass is 624 g/mol. The molecule has 13 heteroatoms. The molecular formula is C30H27F3N6O2S2. The standard InChI is InChI=1S/C30H27F3N6O2S2/c1-3-4-21-8-5-19(2)15-25(21)39-26(40)17-43-29(39)36-28(42)34-16-20-6-9-22(10-7-20)27-35-18-38(37-27)23-11-13-24(14-12-23)41-30(31,32)33/h5-15,18H,3-4,16-17H2,1-2H3,(H,34,42). The van der Waals surface area contributed by atoms with Gasteiger partial charge >= 0.3 is 6.36 Å². The summed E-state index contributed by atoms with van der Waals surface area (Å²) in [6.45, 7) is 4.53. The number of ether oxygens (including phenoxy) is 1. The summed E-state index contributed by atoms with van der Waals surface area (Å²) in [5, 5.41) is 8.42. The topological polar surface area (TPSA) is 84.6 Å². The zero-order valence-electron chi connectivity index (χ0n) is 23.3. The largest absolute Gasteiger partial charge is 0.573 e.